The predicted molar refractivity (Wildman–Crippen MR) is 102 cm³/mol. The Hall–Kier alpha value is -2.89. The number of carbonyl (C=O) groups excluding carboxylic acids is 2. The Bertz CT molecular complexity index is 793. The molecule has 0 radical (unpaired) electrons. The molecule has 6 heteroatoms. The third kappa shape index (κ3) is 5.54. The minimum Gasteiger partial charge on any atom is -0.496 e. The van der Waals surface area contributed by atoms with E-state index in [2.05, 4.69) is 10.6 Å². The standard InChI is InChI=1S/C21H25FN2O3/c1-14(2)19(24-20(25)16-9-5-7-11-18(16)27-3)21(26)23-13-12-15-8-4-6-10-17(15)22/h4-11,14,19H,12-13H2,1-3H3,(H,23,26)(H,24,25)/t19-/m0/s1. The molecule has 1 atom stereocenters. The maximum atomic E-state index is 13.7. The van der Waals surface area contributed by atoms with E-state index >= 15 is 0 Å². The fourth-order valence-corrected chi connectivity index (χ4v) is 2.72. The number of nitrogens with one attached hydrogen (secondary N) is 2. The number of rotatable bonds is 8. The minimum absolute atomic E-state index is 0.114. The summed E-state index contributed by atoms with van der Waals surface area (Å²) in [5.41, 5.74) is 0.904. The van der Waals surface area contributed by atoms with Gasteiger partial charge in [0.1, 0.15) is 17.6 Å². The zero-order chi connectivity index (χ0) is 19.8. The molecule has 0 spiro atoms. The number of benzene rings is 2. The molecule has 0 saturated heterocycles. The number of methoxy groups -OCH3 is 1. The van der Waals surface area contributed by atoms with Gasteiger partial charge in [0.05, 0.1) is 12.7 Å². The first-order valence-electron chi connectivity index (χ1n) is 8.89. The summed E-state index contributed by atoms with van der Waals surface area (Å²) in [7, 11) is 1.49. The summed E-state index contributed by atoms with van der Waals surface area (Å²) >= 11 is 0. The topological polar surface area (TPSA) is 67.4 Å². The molecule has 0 bridgehead atoms. The summed E-state index contributed by atoms with van der Waals surface area (Å²) in [5, 5.41) is 5.54. The second-order valence-corrected chi connectivity index (χ2v) is 6.53. The van der Waals surface area contributed by atoms with Crippen molar-refractivity contribution in [3.8, 4) is 5.75 Å². The van der Waals surface area contributed by atoms with Crippen molar-refractivity contribution in [1.29, 1.82) is 0 Å². The maximum Gasteiger partial charge on any atom is 0.255 e. The summed E-state index contributed by atoms with van der Waals surface area (Å²) in [6, 6.07) is 12.6. The van der Waals surface area contributed by atoms with Gasteiger partial charge in [-0.15, -0.1) is 0 Å². The third-order valence-corrected chi connectivity index (χ3v) is 4.24. The van der Waals surface area contributed by atoms with Gasteiger partial charge in [-0.3, -0.25) is 9.59 Å². The fraction of sp³-hybridized carbons (Fsp3) is 0.333. The minimum atomic E-state index is -0.706. The van der Waals surface area contributed by atoms with Crippen LogP contribution in [0.4, 0.5) is 4.39 Å². The van der Waals surface area contributed by atoms with Crippen LogP contribution in [-0.2, 0) is 11.2 Å². The van der Waals surface area contributed by atoms with Crippen molar-refractivity contribution >= 4 is 11.8 Å². The van der Waals surface area contributed by atoms with Crippen LogP contribution in [0, 0.1) is 11.7 Å². The highest BCUT2D eigenvalue weighted by Crippen LogP contribution is 2.17. The SMILES string of the molecule is COc1ccccc1C(=O)N[C@H](C(=O)NCCc1ccccc1F)C(C)C. The lowest BCUT2D eigenvalue weighted by molar-refractivity contribution is -0.123. The number of para-hydroxylation sites is 1. The Kier molecular flexibility index (Phi) is 7.34. The van der Waals surface area contributed by atoms with Crippen molar-refractivity contribution in [1.82, 2.24) is 10.6 Å². The number of hydrogen-bond donors (Lipinski definition) is 2. The van der Waals surface area contributed by atoms with E-state index in [9.17, 15) is 14.0 Å². The molecule has 2 amide bonds. The average Bonchev–Trinajstić information content (AvgIpc) is 2.67. The molecule has 2 aromatic carbocycles. The molecule has 2 aromatic rings. The fourth-order valence-electron chi connectivity index (χ4n) is 2.72. The molecular formula is C21H25FN2O3. The van der Waals surface area contributed by atoms with Crippen molar-refractivity contribution in [2.75, 3.05) is 13.7 Å². The Morgan fingerprint density at radius 3 is 2.41 bits per heavy atom. The van der Waals surface area contributed by atoms with Gasteiger partial charge in [0, 0.05) is 6.54 Å². The number of hydrogen-bond acceptors (Lipinski definition) is 3. The first-order chi connectivity index (χ1) is 12.9. The number of halogens is 1. The van der Waals surface area contributed by atoms with Crippen molar-refractivity contribution < 1.29 is 18.7 Å². The van der Waals surface area contributed by atoms with Crippen molar-refractivity contribution in [2.45, 2.75) is 26.3 Å². The highest BCUT2D eigenvalue weighted by molar-refractivity contribution is 5.99. The van der Waals surface area contributed by atoms with Gasteiger partial charge in [-0.05, 0) is 36.1 Å². The van der Waals surface area contributed by atoms with Crippen LogP contribution in [0.3, 0.4) is 0 Å². The van der Waals surface area contributed by atoms with E-state index < -0.39 is 6.04 Å². The third-order valence-electron chi connectivity index (χ3n) is 4.24. The van der Waals surface area contributed by atoms with Crippen molar-refractivity contribution in [2.24, 2.45) is 5.92 Å². The molecule has 0 aliphatic carbocycles. The summed E-state index contributed by atoms with van der Waals surface area (Å²) in [6.07, 6.45) is 0.379. The molecule has 27 heavy (non-hydrogen) atoms. The predicted octanol–water partition coefficient (Wildman–Crippen LogP) is 2.95. The van der Waals surface area contributed by atoms with E-state index in [1.807, 2.05) is 13.8 Å². The summed E-state index contributed by atoms with van der Waals surface area (Å²) in [6.45, 7) is 3.99. The van der Waals surface area contributed by atoms with Crippen LogP contribution in [0.25, 0.3) is 0 Å². The first kappa shape index (κ1) is 20.4. The Balaban J connectivity index is 1.98. The van der Waals surface area contributed by atoms with Gasteiger partial charge >= 0.3 is 0 Å². The van der Waals surface area contributed by atoms with Gasteiger partial charge in [0.25, 0.3) is 5.91 Å². The second kappa shape index (κ2) is 9.71. The van der Waals surface area contributed by atoms with Crippen LogP contribution in [-0.4, -0.2) is 31.5 Å². The maximum absolute atomic E-state index is 13.7. The van der Waals surface area contributed by atoms with E-state index in [0.717, 1.165) is 0 Å². The molecule has 0 aliphatic rings. The van der Waals surface area contributed by atoms with E-state index in [-0.39, 0.29) is 30.1 Å². The zero-order valence-corrected chi connectivity index (χ0v) is 15.8. The van der Waals surface area contributed by atoms with Gasteiger partial charge in [0.2, 0.25) is 5.91 Å². The molecule has 0 aliphatic heterocycles. The Morgan fingerprint density at radius 2 is 1.74 bits per heavy atom. The molecule has 0 aromatic heterocycles. The molecule has 5 nitrogen and oxygen atoms in total. The number of ether oxygens (including phenoxy) is 1. The van der Waals surface area contributed by atoms with E-state index in [4.69, 9.17) is 4.74 Å². The Labute approximate surface area is 158 Å². The molecule has 0 unspecified atom stereocenters. The summed E-state index contributed by atoms with van der Waals surface area (Å²) in [5.74, 6) is -0.647. The average molecular weight is 372 g/mol. The van der Waals surface area contributed by atoms with E-state index in [1.54, 1.807) is 42.5 Å². The van der Waals surface area contributed by atoms with Gasteiger partial charge < -0.3 is 15.4 Å². The molecule has 0 heterocycles. The molecule has 2 rings (SSSR count). The lowest BCUT2D eigenvalue weighted by atomic mass is 10.0. The first-order valence-corrected chi connectivity index (χ1v) is 8.89. The molecule has 144 valence electrons. The largest absolute Gasteiger partial charge is 0.496 e. The smallest absolute Gasteiger partial charge is 0.255 e. The van der Waals surface area contributed by atoms with Crippen LogP contribution >= 0.6 is 0 Å². The molecule has 0 fully saturated rings. The van der Waals surface area contributed by atoms with Crippen LogP contribution < -0.4 is 15.4 Å². The van der Waals surface area contributed by atoms with Gasteiger partial charge in [-0.25, -0.2) is 4.39 Å². The summed E-state index contributed by atoms with van der Waals surface area (Å²) in [4.78, 5) is 25.1. The van der Waals surface area contributed by atoms with Crippen molar-refractivity contribution in [3.05, 3.63) is 65.5 Å². The van der Waals surface area contributed by atoms with E-state index in [1.165, 1.54) is 13.2 Å². The lowest BCUT2D eigenvalue weighted by Crippen LogP contribution is -2.50. The zero-order valence-electron chi connectivity index (χ0n) is 15.8. The molecule has 0 saturated carbocycles. The van der Waals surface area contributed by atoms with Crippen LogP contribution in [0.1, 0.15) is 29.8 Å². The van der Waals surface area contributed by atoms with Gasteiger partial charge in [-0.2, -0.15) is 0 Å². The molecular weight excluding hydrogens is 347 g/mol. The monoisotopic (exact) mass is 372 g/mol. The van der Waals surface area contributed by atoms with Gasteiger partial charge in [-0.1, -0.05) is 44.2 Å². The highest BCUT2D eigenvalue weighted by atomic mass is 19.1. The van der Waals surface area contributed by atoms with Gasteiger partial charge in [0.15, 0.2) is 0 Å². The normalized spacial score (nSPS) is 11.7. The van der Waals surface area contributed by atoms with Crippen molar-refractivity contribution in [3.63, 3.8) is 0 Å². The molecule has 2 N–H and O–H groups in total. The summed E-state index contributed by atoms with van der Waals surface area (Å²) < 4.78 is 18.8. The quantitative estimate of drug-likeness (QED) is 0.749. The van der Waals surface area contributed by atoms with Crippen LogP contribution in [0.15, 0.2) is 48.5 Å². The van der Waals surface area contributed by atoms with Crippen LogP contribution in [0.2, 0.25) is 0 Å². The number of amides is 2. The van der Waals surface area contributed by atoms with Crippen LogP contribution in [0.5, 0.6) is 5.75 Å². The number of carbonyl (C=O) groups is 2. The van der Waals surface area contributed by atoms with E-state index in [0.29, 0.717) is 23.3 Å². The Morgan fingerprint density at radius 1 is 1.07 bits per heavy atom. The second-order valence-electron chi connectivity index (χ2n) is 6.53. The lowest BCUT2D eigenvalue weighted by Gasteiger charge is -2.22. The highest BCUT2D eigenvalue weighted by Gasteiger charge is 2.25.